The number of carbonyl (C=O) groups excluding carboxylic acids is 2. The normalized spacial score (nSPS) is 13.4. The van der Waals surface area contributed by atoms with Crippen LogP contribution >= 0.6 is 11.3 Å². The highest BCUT2D eigenvalue weighted by Crippen LogP contribution is 2.20. The molecule has 2 aromatic heterocycles. The molecule has 0 radical (unpaired) electrons. The van der Waals surface area contributed by atoms with Crippen molar-refractivity contribution in [2.24, 2.45) is 0 Å². The zero-order valence-electron chi connectivity index (χ0n) is 13.2. The van der Waals surface area contributed by atoms with Crippen LogP contribution in [0.25, 0.3) is 0 Å². The van der Waals surface area contributed by atoms with Crippen molar-refractivity contribution in [2.45, 2.75) is 32.2 Å². The number of nitrogens with one attached hydrogen (secondary N) is 3. The molecule has 0 atom stereocenters. The minimum atomic E-state index is -0.298. The molecular weight excluding hydrogens is 332 g/mol. The zero-order valence-corrected chi connectivity index (χ0v) is 14.0. The van der Waals surface area contributed by atoms with Crippen LogP contribution in [0.4, 0.5) is 5.13 Å². The third kappa shape index (κ3) is 3.77. The first-order valence-electron chi connectivity index (χ1n) is 7.64. The molecule has 0 aliphatic carbocycles. The Balaban J connectivity index is 1.57. The van der Waals surface area contributed by atoms with Gasteiger partial charge in [0.15, 0.2) is 5.69 Å². The van der Waals surface area contributed by atoms with Gasteiger partial charge in [0.05, 0.1) is 7.11 Å². The van der Waals surface area contributed by atoms with Crippen LogP contribution in [0, 0.1) is 0 Å². The molecule has 0 saturated heterocycles. The van der Waals surface area contributed by atoms with E-state index in [2.05, 4.69) is 35.8 Å². The average molecular weight is 350 g/mol. The monoisotopic (exact) mass is 350 g/mol. The third-order valence-electron chi connectivity index (χ3n) is 3.71. The van der Waals surface area contributed by atoms with Gasteiger partial charge in [0.25, 0.3) is 5.91 Å². The van der Waals surface area contributed by atoms with Crippen molar-refractivity contribution in [1.29, 1.82) is 0 Å². The van der Waals surface area contributed by atoms with Crippen LogP contribution in [0.1, 0.15) is 39.6 Å². The molecule has 3 N–H and O–H groups in total. The molecule has 0 aromatic carbocycles. The minimum absolute atomic E-state index is 0.245. The predicted molar refractivity (Wildman–Crippen MR) is 86.8 cm³/mol. The van der Waals surface area contributed by atoms with Crippen LogP contribution in [0.3, 0.4) is 0 Å². The number of anilines is 1. The number of hydrogen-bond donors (Lipinski definition) is 3. The molecule has 1 amide bonds. The highest BCUT2D eigenvalue weighted by atomic mass is 32.1. The Bertz CT molecular complexity index is 741. The molecule has 128 valence electrons. The topological polar surface area (TPSA) is 122 Å². The molecule has 0 unspecified atom stereocenters. The summed E-state index contributed by atoms with van der Waals surface area (Å²) in [4.78, 5) is 23.4. The van der Waals surface area contributed by atoms with E-state index in [0.29, 0.717) is 36.6 Å². The quantitative estimate of drug-likeness (QED) is 0.654. The van der Waals surface area contributed by atoms with Crippen LogP contribution in [-0.4, -0.2) is 45.9 Å². The fraction of sp³-hybridized carbons (Fsp3) is 0.500. The van der Waals surface area contributed by atoms with Crippen molar-refractivity contribution >= 4 is 28.3 Å². The molecule has 0 fully saturated rings. The maximum absolute atomic E-state index is 12.4. The average Bonchev–Trinajstić information content (AvgIpc) is 3.21. The lowest BCUT2D eigenvalue weighted by atomic mass is 10.1. The van der Waals surface area contributed by atoms with Crippen LogP contribution < -0.4 is 10.6 Å². The number of aryl methyl sites for hydroxylation is 1. The molecule has 3 heterocycles. The van der Waals surface area contributed by atoms with Gasteiger partial charge < -0.3 is 10.1 Å². The summed E-state index contributed by atoms with van der Waals surface area (Å²) in [5.74, 6) is -0.543. The van der Waals surface area contributed by atoms with Crippen LogP contribution in [-0.2, 0) is 28.9 Å². The Morgan fingerprint density at radius 3 is 3.08 bits per heavy atom. The first-order chi connectivity index (χ1) is 11.7. The van der Waals surface area contributed by atoms with E-state index in [4.69, 9.17) is 0 Å². The summed E-state index contributed by atoms with van der Waals surface area (Å²) in [6.45, 7) is 1.51. The number of aromatic nitrogens is 4. The number of esters is 1. The fourth-order valence-electron chi connectivity index (χ4n) is 2.46. The third-order valence-corrected chi connectivity index (χ3v) is 4.61. The smallest absolute Gasteiger partial charge is 0.305 e. The molecule has 2 aromatic rings. The fourth-order valence-corrected chi connectivity index (χ4v) is 3.24. The van der Waals surface area contributed by atoms with Gasteiger partial charge in [0.1, 0.15) is 5.01 Å². The highest BCUT2D eigenvalue weighted by molar-refractivity contribution is 7.15. The second-order valence-corrected chi connectivity index (χ2v) is 6.40. The van der Waals surface area contributed by atoms with Crippen molar-refractivity contribution in [3.05, 3.63) is 22.0 Å². The largest absolute Gasteiger partial charge is 0.469 e. The van der Waals surface area contributed by atoms with Gasteiger partial charge >= 0.3 is 5.97 Å². The molecule has 3 rings (SSSR count). The number of ether oxygens (including phenoxy) is 1. The van der Waals surface area contributed by atoms with E-state index in [1.807, 2.05) is 0 Å². The van der Waals surface area contributed by atoms with E-state index in [0.717, 1.165) is 29.2 Å². The lowest BCUT2D eigenvalue weighted by Crippen LogP contribution is -2.25. The Hall–Kier alpha value is -2.33. The number of amides is 1. The number of rotatable bonds is 6. The molecule has 0 bridgehead atoms. The lowest BCUT2D eigenvalue weighted by molar-refractivity contribution is -0.140. The Morgan fingerprint density at radius 1 is 1.38 bits per heavy atom. The summed E-state index contributed by atoms with van der Waals surface area (Å²) in [7, 11) is 1.37. The molecule has 0 spiro atoms. The highest BCUT2D eigenvalue weighted by Gasteiger charge is 2.22. The minimum Gasteiger partial charge on any atom is -0.469 e. The van der Waals surface area contributed by atoms with Crippen LogP contribution in [0.5, 0.6) is 0 Å². The van der Waals surface area contributed by atoms with Gasteiger partial charge in [-0.2, -0.15) is 5.10 Å². The summed E-state index contributed by atoms with van der Waals surface area (Å²) in [5.41, 5.74) is 2.29. The molecular formula is C14H18N6O3S. The first-order valence-corrected chi connectivity index (χ1v) is 8.46. The summed E-state index contributed by atoms with van der Waals surface area (Å²) in [5, 5.41) is 22.1. The van der Waals surface area contributed by atoms with Gasteiger partial charge in [-0.25, -0.2) is 0 Å². The second-order valence-electron chi connectivity index (χ2n) is 5.34. The molecule has 0 saturated carbocycles. The maximum atomic E-state index is 12.4. The van der Waals surface area contributed by atoms with Crippen molar-refractivity contribution in [3.63, 3.8) is 0 Å². The zero-order chi connectivity index (χ0) is 16.9. The summed E-state index contributed by atoms with van der Waals surface area (Å²) < 4.78 is 4.59. The van der Waals surface area contributed by atoms with Gasteiger partial charge in [0, 0.05) is 43.6 Å². The van der Waals surface area contributed by atoms with Crippen molar-refractivity contribution in [1.82, 2.24) is 25.7 Å². The van der Waals surface area contributed by atoms with E-state index < -0.39 is 0 Å². The van der Waals surface area contributed by atoms with E-state index in [-0.39, 0.29) is 11.9 Å². The molecule has 1 aliphatic rings. The molecule has 10 heteroatoms. The summed E-state index contributed by atoms with van der Waals surface area (Å²) >= 11 is 1.30. The number of carbonyl (C=O) groups is 2. The van der Waals surface area contributed by atoms with E-state index in [9.17, 15) is 9.59 Å². The number of methoxy groups -OCH3 is 1. The number of aromatic amines is 1. The van der Waals surface area contributed by atoms with Crippen LogP contribution in [0.2, 0.25) is 0 Å². The number of fused-ring (bicyclic) bond motifs is 1. The SMILES string of the molecule is COC(=O)CCCc1nnc(NC(=O)c2n[nH]c3c2CNCC3)s1. The Morgan fingerprint density at radius 2 is 2.25 bits per heavy atom. The van der Waals surface area contributed by atoms with Crippen molar-refractivity contribution < 1.29 is 14.3 Å². The number of nitrogens with zero attached hydrogens (tertiary/aromatic N) is 3. The maximum Gasteiger partial charge on any atom is 0.305 e. The Labute approximate surface area is 142 Å². The standard InChI is InChI=1S/C14H18N6O3S/c1-23-11(21)4-2-3-10-18-20-14(24-10)16-13(22)12-8-7-15-6-5-9(8)17-19-12/h15H,2-7H2,1H3,(H,17,19)(H,16,20,22). The van der Waals surface area contributed by atoms with Crippen LogP contribution in [0.15, 0.2) is 0 Å². The molecule has 24 heavy (non-hydrogen) atoms. The number of H-pyrrole nitrogens is 1. The summed E-state index contributed by atoms with van der Waals surface area (Å²) in [6, 6.07) is 0. The van der Waals surface area contributed by atoms with Gasteiger partial charge in [0.2, 0.25) is 5.13 Å². The summed E-state index contributed by atoms with van der Waals surface area (Å²) in [6.07, 6.45) is 2.42. The number of hydrogen-bond acceptors (Lipinski definition) is 8. The van der Waals surface area contributed by atoms with Gasteiger partial charge in [-0.1, -0.05) is 11.3 Å². The Kier molecular flexibility index (Phi) is 5.16. The molecule has 9 nitrogen and oxygen atoms in total. The second kappa shape index (κ2) is 7.49. The van der Waals surface area contributed by atoms with Gasteiger partial charge in [-0.15, -0.1) is 10.2 Å². The first kappa shape index (κ1) is 16.5. The van der Waals surface area contributed by atoms with E-state index in [1.165, 1.54) is 18.4 Å². The van der Waals surface area contributed by atoms with Crippen molar-refractivity contribution in [3.8, 4) is 0 Å². The van der Waals surface area contributed by atoms with Gasteiger partial charge in [-0.05, 0) is 6.42 Å². The molecule has 1 aliphatic heterocycles. The predicted octanol–water partition coefficient (Wildman–Crippen LogP) is 0.655. The van der Waals surface area contributed by atoms with Gasteiger partial charge in [-0.3, -0.25) is 20.0 Å². The van der Waals surface area contributed by atoms with E-state index >= 15 is 0 Å². The lowest BCUT2D eigenvalue weighted by Gasteiger charge is -2.12. The van der Waals surface area contributed by atoms with E-state index in [1.54, 1.807) is 0 Å². The van der Waals surface area contributed by atoms with Crippen molar-refractivity contribution in [2.75, 3.05) is 19.0 Å².